The molecular formula is C19H19FN6O2. The lowest BCUT2D eigenvalue weighted by Crippen LogP contribution is -2.31. The third-order valence-corrected chi connectivity index (χ3v) is 4.32. The third kappa shape index (κ3) is 3.84. The van der Waals surface area contributed by atoms with Crippen molar-refractivity contribution in [3.63, 3.8) is 0 Å². The van der Waals surface area contributed by atoms with E-state index in [1.54, 1.807) is 12.3 Å². The van der Waals surface area contributed by atoms with Gasteiger partial charge in [0.2, 0.25) is 11.7 Å². The maximum atomic E-state index is 13.2. The molecule has 0 spiro atoms. The molecule has 144 valence electrons. The molecule has 8 nitrogen and oxygen atoms in total. The number of imidazole rings is 2. The molecule has 0 fully saturated rings. The smallest absolute Gasteiger partial charge is 0.246 e. The highest BCUT2D eigenvalue weighted by molar-refractivity contribution is 5.77. The summed E-state index contributed by atoms with van der Waals surface area (Å²) in [5.41, 5.74) is 1.99. The summed E-state index contributed by atoms with van der Waals surface area (Å²) in [4.78, 5) is 28.1. The van der Waals surface area contributed by atoms with Crippen molar-refractivity contribution in [1.82, 2.24) is 29.7 Å². The predicted octanol–water partition coefficient (Wildman–Crippen LogP) is 2.53. The summed E-state index contributed by atoms with van der Waals surface area (Å²) in [5, 5.41) is 2.92. The molecule has 1 atom stereocenters. The van der Waals surface area contributed by atoms with Crippen LogP contribution in [0, 0.1) is 5.82 Å². The Morgan fingerprint density at radius 3 is 3.11 bits per heavy atom. The first-order valence-electron chi connectivity index (χ1n) is 8.93. The molecule has 4 rings (SSSR count). The number of carbonyl (C=O) groups is 1. The minimum atomic E-state index is -0.337. The number of amides is 1. The van der Waals surface area contributed by atoms with Gasteiger partial charge in [-0.05, 0) is 30.7 Å². The number of rotatable bonds is 7. The van der Waals surface area contributed by atoms with Gasteiger partial charge in [0.25, 0.3) is 0 Å². The average Bonchev–Trinajstić information content (AvgIpc) is 3.29. The fourth-order valence-corrected chi connectivity index (χ4v) is 2.98. The van der Waals surface area contributed by atoms with Crippen LogP contribution in [0.1, 0.15) is 30.9 Å². The minimum Gasteiger partial charge on any atom is -0.364 e. The lowest BCUT2D eigenvalue weighted by atomic mass is 10.1. The van der Waals surface area contributed by atoms with E-state index in [4.69, 9.17) is 4.74 Å². The van der Waals surface area contributed by atoms with E-state index in [0.29, 0.717) is 29.1 Å². The first-order valence-corrected chi connectivity index (χ1v) is 8.93. The van der Waals surface area contributed by atoms with Gasteiger partial charge < -0.3 is 15.0 Å². The van der Waals surface area contributed by atoms with E-state index in [1.807, 2.05) is 29.8 Å². The summed E-state index contributed by atoms with van der Waals surface area (Å²) in [6, 6.07) is 5.90. The SMILES string of the molecule is CC[C@H](NC(=O)COCc1nc2ccc(F)cc2[nH]1)c1cn2cccnc2n1. The van der Waals surface area contributed by atoms with E-state index in [1.165, 1.54) is 12.1 Å². The Labute approximate surface area is 159 Å². The van der Waals surface area contributed by atoms with Crippen LogP contribution < -0.4 is 5.32 Å². The second-order valence-corrected chi connectivity index (χ2v) is 6.36. The topological polar surface area (TPSA) is 97.2 Å². The van der Waals surface area contributed by atoms with Crippen molar-refractivity contribution in [3.8, 4) is 0 Å². The van der Waals surface area contributed by atoms with Gasteiger partial charge in [0.15, 0.2) is 0 Å². The molecule has 1 amide bonds. The van der Waals surface area contributed by atoms with Crippen LogP contribution in [-0.4, -0.2) is 36.9 Å². The van der Waals surface area contributed by atoms with Crippen LogP contribution in [0.3, 0.4) is 0 Å². The van der Waals surface area contributed by atoms with Crippen molar-refractivity contribution in [3.05, 3.63) is 60.2 Å². The average molecular weight is 382 g/mol. The Balaban J connectivity index is 1.33. The number of H-pyrrole nitrogens is 1. The second kappa shape index (κ2) is 7.73. The molecule has 0 unspecified atom stereocenters. The van der Waals surface area contributed by atoms with Crippen molar-refractivity contribution in [2.24, 2.45) is 0 Å². The van der Waals surface area contributed by atoms with Crippen LogP contribution in [0.25, 0.3) is 16.8 Å². The molecular weight excluding hydrogens is 363 g/mol. The molecule has 28 heavy (non-hydrogen) atoms. The van der Waals surface area contributed by atoms with Crippen LogP contribution in [0.4, 0.5) is 4.39 Å². The maximum absolute atomic E-state index is 13.2. The Morgan fingerprint density at radius 2 is 2.29 bits per heavy atom. The molecule has 0 bridgehead atoms. The van der Waals surface area contributed by atoms with Crippen LogP contribution in [0.5, 0.6) is 0 Å². The minimum absolute atomic E-state index is 0.118. The molecule has 3 aromatic heterocycles. The second-order valence-electron chi connectivity index (χ2n) is 6.36. The highest BCUT2D eigenvalue weighted by Crippen LogP contribution is 2.16. The number of fused-ring (bicyclic) bond motifs is 2. The Hall–Kier alpha value is -3.33. The van der Waals surface area contributed by atoms with Crippen molar-refractivity contribution in [2.45, 2.75) is 26.0 Å². The molecule has 9 heteroatoms. The lowest BCUT2D eigenvalue weighted by molar-refractivity contribution is -0.127. The first-order chi connectivity index (χ1) is 13.6. The quantitative estimate of drug-likeness (QED) is 0.512. The van der Waals surface area contributed by atoms with Gasteiger partial charge in [0.1, 0.15) is 24.9 Å². The molecule has 0 aliphatic carbocycles. The van der Waals surface area contributed by atoms with Crippen LogP contribution in [0.15, 0.2) is 42.9 Å². The zero-order valence-corrected chi connectivity index (χ0v) is 15.2. The molecule has 0 aliphatic heterocycles. The molecule has 3 heterocycles. The van der Waals surface area contributed by atoms with E-state index in [0.717, 1.165) is 5.69 Å². The Kier molecular flexibility index (Phi) is 4.98. The largest absolute Gasteiger partial charge is 0.364 e. The fraction of sp³-hybridized carbons (Fsp3) is 0.263. The van der Waals surface area contributed by atoms with Gasteiger partial charge in [-0.3, -0.25) is 9.20 Å². The zero-order valence-electron chi connectivity index (χ0n) is 15.2. The van der Waals surface area contributed by atoms with E-state index in [2.05, 4.69) is 25.3 Å². The van der Waals surface area contributed by atoms with Crippen LogP contribution >= 0.6 is 0 Å². The Morgan fingerprint density at radius 1 is 1.39 bits per heavy atom. The number of aromatic nitrogens is 5. The van der Waals surface area contributed by atoms with Gasteiger partial charge in [-0.25, -0.2) is 19.3 Å². The van der Waals surface area contributed by atoms with Crippen molar-refractivity contribution >= 4 is 22.7 Å². The van der Waals surface area contributed by atoms with Crippen molar-refractivity contribution in [2.75, 3.05) is 6.61 Å². The molecule has 0 saturated carbocycles. The van der Waals surface area contributed by atoms with Gasteiger partial charge in [0.05, 0.1) is 22.8 Å². The molecule has 4 aromatic rings. The molecule has 0 saturated heterocycles. The Bertz CT molecular complexity index is 1090. The van der Waals surface area contributed by atoms with Gasteiger partial charge in [-0.1, -0.05) is 6.92 Å². The predicted molar refractivity (Wildman–Crippen MR) is 99.9 cm³/mol. The summed E-state index contributed by atoms with van der Waals surface area (Å²) in [7, 11) is 0. The highest BCUT2D eigenvalue weighted by atomic mass is 19.1. The number of ether oxygens (including phenoxy) is 1. The van der Waals surface area contributed by atoms with E-state index < -0.39 is 0 Å². The van der Waals surface area contributed by atoms with Gasteiger partial charge >= 0.3 is 0 Å². The number of hydrogen-bond acceptors (Lipinski definition) is 5. The number of hydrogen-bond donors (Lipinski definition) is 2. The van der Waals surface area contributed by atoms with Crippen LogP contribution in [0.2, 0.25) is 0 Å². The number of benzene rings is 1. The fourth-order valence-electron chi connectivity index (χ4n) is 2.98. The maximum Gasteiger partial charge on any atom is 0.246 e. The van der Waals surface area contributed by atoms with Gasteiger partial charge in [-0.2, -0.15) is 0 Å². The number of nitrogens with zero attached hydrogens (tertiary/aromatic N) is 4. The molecule has 2 N–H and O–H groups in total. The molecule has 0 radical (unpaired) electrons. The van der Waals surface area contributed by atoms with E-state index in [9.17, 15) is 9.18 Å². The van der Waals surface area contributed by atoms with Crippen LogP contribution in [-0.2, 0) is 16.1 Å². The molecule has 1 aromatic carbocycles. The summed E-state index contributed by atoms with van der Waals surface area (Å²) >= 11 is 0. The van der Waals surface area contributed by atoms with Crippen molar-refractivity contribution < 1.29 is 13.9 Å². The normalized spacial score (nSPS) is 12.5. The van der Waals surface area contributed by atoms with E-state index in [-0.39, 0.29) is 31.0 Å². The highest BCUT2D eigenvalue weighted by Gasteiger charge is 2.16. The third-order valence-electron chi connectivity index (χ3n) is 4.32. The van der Waals surface area contributed by atoms with E-state index >= 15 is 0 Å². The summed E-state index contributed by atoms with van der Waals surface area (Å²) in [5.74, 6) is 0.532. The molecule has 0 aliphatic rings. The number of nitrogens with one attached hydrogen (secondary N) is 2. The van der Waals surface area contributed by atoms with Gasteiger partial charge in [-0.15, -0.1) is 0 Å². The number of halogens is 1. The number of aromatic amines is 1. The summed E-state index contributed by atoms with van der Waals surface area (Å²) in [6.45, 7) is 1.98. The standard InChI is InChI=1S/C19H19FN6O2/c1-2-13(16-9-26-7-3-6-21-19(26)25-16)24-18(27)11-28-10-17-22-14-5-4-12(20)8-15(14)23-17/h3-9,13H,2,10-11H2,1H3,(H,22,23)(H,24,27)/t13-/m0/s1. The summed E-state index contributed by atoms with van der Waals surface area (Å²) in [6.07, 6.45) is 6.07. The monoisotopic (exact) mass is 382 g/mol. The van der Waals surface area contributed by atoms with Gasteiger partial charge in [0, 0.05) is 18.6 Å². The zero-order chi connectivity index (χ0) is 19.5. The first kappa shape index (κ1) is 18.1. The number of carbonyl (C=O) groups excluding carboxylic acids is 1. The lowest BCUT2D eigenvalue weighted by Gasteiger charge is -2.14. The van der Waals surface area contributed by atoms with Crippen molar-refractivity contribution in [1.29, 1.82) is 0 Å². The summed E-state index contributed by atoms with van der Waals surface area (Å²) < 4.78 is 20.5.